The summed E-state index contributed by atoms with van der Waals surface area (Å²) in [6, 6.07) is 2.83. The van der Waals surface area contributed by atoms with Crippen molar-refractivity contribution in [3.63, 3.8) is 0 Å². The van der Waals surface area contributed by atoms with Crippen LogP contribution in [-0.4, -0.2) is 81.1 Å². The fraction of sp³-hybridized carbons (Fsp3) is 0.458. The molecule has 10 nitrogen and oxygen atoms in total. The highest BCUT2D eigenvalue weighted by Crippen LogP contribution is 2.38. The van der Waals surface area contributed by atoms with E-state index in [0.717, 1.165) is 13.1 Å². The number of nitrogens with zero attached hydrogens (tertiary/aromatic N) is 5. The third kappa shape index (κ3) is 6.51. The van der Waals surface area contributed by atoms with E-state index < -0.39 is 12.1 Å². The topological polar surface area (TPSA) is 128 Å². The Hall–Kier alpha value is -3.12. The zero-order valence-corrected chi connectivity index (χ0v) is 20.3. The predicted molar refractivity (Wildman–Crippen MR) is 132 cm³/mol. The summed E-state index contributed by atoms with van der Waals surface area (Å²) in [5.41, 5.74) is 1.04. The van der Waals surface area contributed by atoms with Gasteiger partial charge in [0.25, 0.3) is 0 Å². The lowest BCUT2D eigenvalue weighted by atomic mass is 9.98. The molecule has 0 spiro atoms. The molecule has 3 rings (SSSR count). The van der Waals surface area contributed by atoms with Crippen molar-refractivity contribution in [2.24, 2.45) is 4.99 Å². The minimum atomic E-state index is -1.25. The summed E-state index contributed by atoms with van der Waals surface area (Å²) in [5.74, 6) is -0.642. The van der Waals surface area contributed by atoms with Crippen molar-refractivity contribution in [2.45, 2.75) is 32.9 Å². The molecule has 1 aromatic heterocycles. The number of ether oxygens (including phenoxy) is 1. The molecule has 1 aliphatic rings. The van der Waals surface area contributed by atoms with Crippen molar-refractivity contribution in [1.29, 1.82) is 0 Å². The number of morpholine rings is 1. The largest absolute Gasteiger partial charge is 0.508 e. The van der Waals surface area contributed by atoms with E-state index in [9.17, 15) is 19.7 Å². The van der Waals surface area contributed by atoms with Crippen molar-refractivity contribution in [2.75, 3.05) is 39.4 Å². The number of phenols is 2. The minimum Gasteiger partial charge on any atom is -0.508 e. The average molecular weight is 489 g/mol. The van der Waals surface area contributed by atoms with Crippen LogP contribution in [0.2, 0.25) is 0 Å². The highest BCUT2D eigenvalue weighted by molar-refractivity contribution is 5.73. The smallest absolute Gasteiger partial charge is 0.182 e. The summed E-state index contributed by atoms with van der Waals surface area (Å²) in [6.07, 6.45) is 1.26. The maximum absolute atomic E-state index is 14.0. The van der Waals surface area contributed by atoms with Gasteiger partial charge in [-0.25, -0.2) is 4.39 Å². The molecular formula is C24H33FN6O4. The van der Waals surface area contributed by atoms with Gasteiger partial charge in [0.05, 0.1) is 36.5 Å². The van der Waals surface area contributed by atoms with Crippen LogP contribution < -0.4 is 5.32 Å². The number of nitrogens with one attached hydrogen (secondary N) is 1. The number of aromatic nitrogens is 3. The first-order valence-electron chi connectivity index (χ1n) is 11.5. The van der Waals surface area contributed by atoms with Gasteiger partial charge < -0.3 is 20.1 Å². The number of rotatable bonds is 10. The van der Waals surface area contributed by atoms with Gasteiger partial charge in [0, 0.05) is 32.2 Å². The third-order valence-electron chi connectivity index (χ3n) is 5.64. The van der Waals surface area contributed by atoms with E-state index >= 15 is 0 Å². The number of aliphatic imine (C=N–C) groups is 1. The van der Waals surface area contributed by atoms with Gasteiger partial charge in [0.2, 0.25) is 0 Å². The molecule has 0 saturated carbocycles. The van der Waals surface area contributed by atoms with E-state index in [2.05, 4.69) is 32.1 Å². The highest BCUT2D eigenvalue weighted by atomic mass is 19.1. The summed E-state index contributed by atoms with van der Waals surface area (Å²) < 4.78 is 20.7. The van der Waals surface area contributed by atoms with Crippen LogP contribution in [0, 0.1) is 0 Å². The molecule has 2 aromatic rings. The Labute approximate surface area is 204 Å². The van der Waals surface area contributed by atoms with Crippen molar-refractivity contribution in [3.05, 3.63) is 41.6 Å². The van der Waals surface area contributed by atoms with Gasteiger partial charge in [0.15, 0.2) is 17.9 Å². The molecule has 1 saturated heterocycles. The van der Waals surface area contributed by atoms with E-state index in [0.29, 0.717) is 31.9 Å². The number of benzene rings is 1. The Morgan fingerprint density at radius 3 is 2.60 bits per heavy atom. The Morgan fingerprint density at radius 1 is 1.26 bits per heavy atom. The third-order valence-corrected chi connectivity index (χ3v) is 5.64. The molecule has 35 heavy (non-hydrogen) atoms. The van der Waals surface area contributed by atoms with E-state index in [1.165, 1.54) is 29.8 Å². The number of halogens is 1. The van der Waals surface area contributed by atoms with Crippen LogP contribution in [-0.2, 0) is 4.74 Å². The molecule has 1 fully saturated rings. The molecule has 1 atom stereocenters. The van der Waals surface area contributed by atoms with Gasteiger partial charge in [-0.2, -0.15) is 0 Å². The van der Waals surface area contributed by atoms with E-state index in [-0.39, 0.29) is 40.3 Å². The normalized spacial score (nSPS) is 16.6. The van der Waals surface area contributed by atoms with Crippen LogP contribution >= 0.6 is 0 Å². The van der Waals surface area contributed by atoms with Crippen molar-refractivity contribution in [1.82, 2.24) is 25.0 Å². The lowest BCUT2D eigenvalue weighted by Crippen LogP contribution is -2.41. The summed E-state index contributed by atoms with van der Waals surface area (Å²) in [5, 5.41) is 43.2. The number of aliphatic hydroxyl groups is 1. The van der Waals surface area contributed by atoms with Crippen LogP contribution in [0.25, 0.3) is 17.1 Å². The molecule has 0 aliphatic carbocycles. The molecule has 0 amide bonds. The van der Waals surface area contributed by atoms with Gasteiger partial charge in [-0.15, -0.1) is 10.2 Å². The van der Waals surface area contributed by atoms with Crippen LogP contribution in [0.3, 0.4) is 0 Å². The van der Waals surface area contributed by atoms with Crippen LogP contribution in [0.4, 0.5) is 4.39 Å². The summed E-state index contributed by atoms with van der Waals surface area (Å²) in [4.78, 5) is 5.97. The Bertz CT molecular complexity index is 1090. The first kappa shape index (κ1) is 26.5. The molecule has 2 heterocycles. The van der Waals surface area contributed by atoms with Gasteiger partial charge in [0.1, 0.15) is 11.5 Å². The molecule has 1 aliphatic heterocycles. The molecule has 0 radical (unpaired) electrons. The van der Waals surface area contributed by atoms with Crippen LogP contribution in [0.15, 0.2) is 35.2 Å². The van der Waals surface area contributed by atoms with Crippen molar-refractivity contribution < 1.29 is 24.4 Å². The monoisotopic (exact) mass is 488 g/mol. The van der Waals surface area contributed by atoms with Crippen molar-refractivity contribution in [3.8, 4) is 22.9 Å². The van der Waals surface area contributed by atoms with Gasteiger partial charge in [-0.1, -0.05) is 13.8 Å². The Balaban J connectivity index is 2.02. The summed E-state index contributed by atoms with van der Waals surface area (Å²) in [6.45, 7) is 12.7. The van der Waals surface area contributed by atoms with Crippen LogP contribution in [0.5, 0.6) is 11.5 Å². The molecular weight excluding hydrogens is 455 g/mol. The van der Waals surface area contributed by atoms with Crippen LogP contribution in [0.1, 0.15) is 44.3 Å². The standard InChI is InChI=1S/C24H33FN6O4/c1-15(2)18-12-19(21(33)13-20(18)32)22-28-29-23(31(22)17(14-26-4)11-16(3)25)24(34)27-5-6-30-7-9-35-10-8-30/h11-15,24,27,32-34H,4-10H2,1-3H3. The first-order valence-corrected chi connectivity index (χ1v) is 11.5. The molecule has 0 bridgehead atoms. The second kappa shape index (κ2) is 12.0. The number of phenolic OH excluding ortho intramolecular Hbond substituents is 2. The molecule has 190 valence electrons. The molecule has 11 heteroatoms. The fourth-order valence-electron chi connectivity index (χ4n) is 3.87. The number of allylic oxidation sites excluding steroid dienone is 3. The van der Waals surface area contributed by atoms with E-state index in [4.69, 9.17) is 4.74 Å². The molecule has 1 aromatic carbocycles. The predicted octanol–water partition coefficient (Wildman–Crippen LogP) is 2.76. The second-order valence-corrected chi connectivity index (χ2v) is 8.58. The lowest BCUT2D eigenvalue weighted by molar-refractivity contribution is 0.0352. The van der Waals surface area contributed by atoms with E-state index in [1.54, 1.807) is 6.07 Å². The van der Waals surface area contributed by atoms with E-state index in [1.807, 2.05) is 13.8 Å². The Morgan fingerprint density at radius 2 is 1.97 bits per heavy atom. The Kier molecular flexibility index (Phi) is 9.10. The maximum atomic E-state index is 14.0. The highest BCUT2D eigenvalue weighted by Gasteiger charge is 2.25. The quantitative estimate of drug-likeness (QED) is 0.228. The first-order chi connectivity index (χ1) is 16.7. The summed E-state index contributed by atoms with van der Waals surface area (Å²) >= 11 is 0. The molecule has 4 N–H and O–H groups in total. The summed E-state index contributed by atoms with van der Waals surface area (Å²) in [7, 11) is 0. The minimum absolute atomic E-state index is 0.0459. The lowest BCUT2D eigenvalue weighted by Gasteiger charge is -2.27. The molecule has 1 unspecified atom stereocenters. The zero-order chi connectivity index (χ0) is 25.5. The zero-order valence-electron chi connectivity index (χ0n) is 20.3. The number of aromatic hydroxyl groups is 2. The fourth-order valence-corrected chi connectivity index (χ4v) is 3.87. The number of hydrogen-bond acceptors (Lipinski definition) is 9. The maximum Gasteiger partial charge on any atom is 0.182 e. The SMILES string of the molecule is C=NC=C(C=C(C)F)n1c(-c2cc(C(C)C)c(O)cc2O)nnc1C(O)NCCN1CCOCC1. The second-order valence-electron chi connectivity index (χ2n) is 8.58. The van der Waals surface area contributed by atoms with Crippen molar-refractivity contribution >= 4 is 12.4 Å². The number of aliphatic hydroxyl groups excluding tert-OH is 1. The van der Waals surface area contributed by atoms with Gasteiger partial charge >= 0.3 is 0 Å². The van der Waals surface area contributed by atoms with Gasteiger partial charge in [-0.05, 0) is 37.3 Å². The average Bonchev–Trinajstić information content (AvgIpc) is 3.24. The van der Waals surface area contributed by atoms with Gasteiger partial charge in [-0.3, -0.25) is 19.8 Å². The number of hydrogen-bond donors (Lipinski definition) is 4.